The molecule has 41 heavy (non-hydrogen) atoms. The number of methoxy groups -OCH3 is 1. The molecule has 4 aromatic rings. The van der Waals surface area contributed by atoms with Crippen LogP contribution in [-0.4, -0.2) is 50.9 Å². The number of ether oxygens (including phenoxy) is 1. The zero-order valence-electron chi connectivity index (χ0n) is 23.1. The quantitative estimate of drug-likeness (QED) is 0.218. The molecule has 0 saturated heterocycles. The number of carbonyl (C=O) groups excluding carboxylic acids is 2. The summed E-state index contributed by atoms with van der Waals surface area (Å²) in [6, 6.07) is 18.0. The van der Waals surface area contributed by atoms with E-state index in [4.69, 9.17) is 16.2 Å². The molecule has 10 heteroatoms. The van der Waals surface area contributed by atoms with E-state index >= 15 is 0 Å². The molecule has 10 nitrogen and oxygen atoms in total. The number of carbonyl (C=O) groups is 3. The fourth-order valence-corrected chi connectivity index (χ4v) is 4.70. The van der Waals surface area contributed by atoms with Crippen LogP contribution in [-0.2, 0) is 17.8 Å². The molecule has 0 spiro atoms. The van der Waals surface area contributed by atoms with Crippen LogP contribution >= 0.6 is 0 Å². The van der Waals surface area contributed by atoms with Gasteiger partial charge in [-0.2, -0.15) is 0 Å². The van der Waals surface area contributed by atoms with Gasteiger partial charge in [-0.1, -0.05) is 42.5 Å². The first-order valence-corrected chi connectivity index (χ1v) is 13.0. The summed E-state index contributed by atoms with van der Waals surface area (Å²) in [5.41, 5.74) is 16.2. The minimum Gasteiger partial charge on any atom is -0.496 e. The van der Waals surface area contributed by atoms with Crippen molar-refractivity contribution in [3.05, 3.63) is 107 Å². The maximum absolute atomic E-state index is 13.9. The van der Waals surface area contributed by atoms with Gasteiger partial charge < -0.3 is 31.2 Å². The number of aryl methyl sites for hydroxylation is 1. The first-order chi connectivity index (χ1) is 19.6. The molecule has 4 rings (SSSR count). The van der Waals surface area contributed by atoms with Crippen LogP contribution in [0.15, 0.2) is 72.9 Å². The Hall–Kier alpha value is -4.96. The van der Waals surface area contributed by atoms with Gasteiger partial charge in [0.15, 0.2) is 0 Å². The molecule has 0 radical (unpaired) electrons. The van der Waals surface area contributed by atoms with E-state index in [0.29, 0.717) is 17.0 Å². The first kappa shape index (κ1) is 29.0. The Kier molecular flexibility index (Phi) is 8.84. The predicted molar refractivity (Wildman–Crippen MR) is 154 cm³/mol. The third kappa shape index (κ3) is 6.62. The summed E-state index contributed by atoms with van der Waals surface area (Å²) in [6.07, 6.45) is 1.94. The molecule has 0 aliphatic rings. The highest BCUT2D eigenvalue weighted by Gasteiger charge is 2.29. The van der Waals surface area contributed by atoms with Crippen molar-refractivity contribution in [2.75, 3.05) is 7.11 Å². The van der Waals surface area contributed by atoms with Crippen LogP contribution in [0.1, 0.15) is 56.2 Å². The number of primary amides is 1. The van der Waals surface area contributed by atoms with Crippen molar-refractivity contribution in [1.29, 1.82) is 0 Å². The van der Waals surface area contributed by atoms with Crippen molar-refractivity contribution in [3.63, 3.8) is 0 Å². The number of aromatic amines is 1. The maximum Gasteiger partial charge on any atom is 0.339 e. The number of nitrogens with two attached hydrogens (primary N) is 2. The zero-order chi connectivity index (χ0) is 29.7. The van der Waals surface area contributed by atoms with Gasteiger partial charge in [0, 0.05) is 12.1 Å². The average molecular weight is 556 g/mol. The third-order valence-corrected chi connectivity index (χ3v) is 7.06. The molecule has 2 amide bonds. The number of nitrogens with one attached hydrogen (secondary N) is 1. The van der Waals surface area contributed by atoms with Gasteiger partial charge in [-0.25, -0.2) is 9.78 Å². The van der Waals surface area contributed by atoms with Crippen molar-refractivity contribution < 1.29 is 24.2 Å². The second-order valence-electron chi connectivity index (χ2n) is 9.85. The number of rotatable bonds is 11. The monoisotopic (exact) mass is 555 g/mol. The number of benzene rings is 3. The van der Waals surface area contributed by atoms with Crippen molar-refractivity contribution in [2.45, 2.75) is 38.9 Å². The topological polar surface area (TPSA) is 165 Å². The summed E-state index contributed by atoms with van der Waals surface area (Å²) in [7, 11) is 1.40. The van der Waals surface area contributed by atoms with Gasteiger partial charge in [-0.15, -0.1) is 0 Å². The van der Waals surface area contributed by atoms with Gasteiger partial charge in [0.25, 0.3) is 0 Å². The Morgan fingerprint density at radius 1 is 1.07 bits per heavy atom. The molecule has 0 aliphatic carbocycles. The maximum atomic E-state index is 13.9. The number of aromatic carboxylic acids is 1. The Labute approximate surface area is 238 Å². The lowest BCUT2D eigenvalue weighted by molar-refractivity contribution is -0.135. The number of aromatic nitrogens is 2. The molecule has 1 heterocycles. The summed E-state index contributed by atoms with van der Waals surface area (Å²) in [5.74, 6) is -1.25. The van der Waals surface area contributed by atoms with Crippen molar-refractivity contribution in [3.8, 4) is 17.0 Å². The van der Waals surface area contributed by atoms with Crippen molar-refractivity contribution in [1.82, 2.24) is 14.9 Å². The third-order valence-electron chi connectivity index (χ3n) is 7.06. The Balaban J connectivity index is 1.66. The lowest BCUT2D eigenvalue weighted by Gasteiger charge is -2.31. The SMILES string of the molecule is COc1ccc(CN(C(=O)C(N)Cc2ccc(C(N)=O)cc2C)C(C)c2ncc(-c3ccccc3)[nH]2)cc1C(=O)O. The molecule has 212 valence electrons. The standard InChI is InChI=1S/C31H33N5O5/c1-18-13-23(28(33)37)11-10-22(18)15-25(32)30(38)36(17-20-9-12-27(41-3)24(14-20)31(39)40)19(2)29-34-16-26(35-29)21-7-5-4-6-8-21/h4-14,16,19,25H,15,17,32H2,1-3H3,(H2,33,37)(H,34,35)(H,39,40). The zero-order valence-corrected chi connectivity index (χ0v) is 23.1. The summed E-state index contributed by atoms with van der Waals surface area (Å²) < 4.78 is 5.19. The molecular formula is C31H33N5O5. The molecule has 0 bridgehead atoms. The number of H-pyrrole nitrogens is 1. The smallest absolute Gasteiger partial charge is 0.339 e. The van der Waals surface area contributed by atoms with Gasteiger partial charge in [0.1, 0.15) is 17.1 Å². The lowest BCUT2D eigenvalue weighted by atomic mass is 9.98. The van der Waals surface area contributed by atoms with E-state index in [1.807, 2.05) is 44.2 Å². The number of nitrogens with zero attached hydrogens (tertiary/aromatic N) is 2. The van der Waals surface area contributed by atoms with E-state index in [1.54, 1.807) is 41.4 Å². The number of imidazole rings is 1. The normalized spacial score (nSPS) is 12.4. The molecule has 0 aliphatic heterocycles. The molecule has 2 atom stereocenters. The second kappa shape index (κ2) is 12.5. The van der Waals surface area contributed by atoms with Crippen LogP contribution in [0, 0.1) is 6.92 Å². The van der Waals surface area contributed by atoms with Gasteiger partial charge in [-0.05, 0) is 66.8 Å². The fraction of sp³-hybridized carbons (Fsp3) is 0.226. The highest BCUT2D eigenvalue weighted by Crippen LogP contribution is 2.27. The average Bonchev–Trinajstić information content (AvgIpc) is 3.47. The van der Waals surface area contributed by atoms with Crippen LogP contribution in [0.3, 0.4) is 0 Å². The van der Waals surface area contributed by atoms with Crippen LogP contribution in [0.25, 0.3) is 11.3 Å². The Morgan fingerprint density at radius 2 is 1.80 bits per heavy atom. The van der Waals surface area contributed by atoms with E-state index in [-0.39, 0.29) is 30.2 Å². The van der Waals surface area contributed by atoms with E-state index in [2.05, 4.69) is 9.97 Å². The summed E-state index contributed by atoms with van der Waals surface area (Å²) in [4.78, 5) is 46.7. The van der Waals surface area contributed by atoms with Crippen LogP contribution in [0.5, 0.6) is 5.75 Å². The van der Waals surface area contributed by atoms with E-state index in [9.17, 15) is 19.5 Å². The van der Waals surface area contributed by atoms with E-state index in [0.717, 1.165) is 22.4 Å². The van der Waals surface area contributed by atoms with Crippen molar-refractivity contribution >= 4 is 17.8 Å². The molecule has 3 aromatic carbocycles. The molecule has 6 N–H and O–H groups in total. The highest BCUT2D eigenvalue weighted by atomic mass is 16.5. The van der Waals surface area contributed by atoms with Crippen LogP contribution < -0.4 is 16.2 Å². The molecule has 0 fully saturated rings. The predicted octanol–water partition coefficient (Wildman–Crippen LogP) is 3.85. The molecule has 0 saturated carbocycles. The second-order valence-corrected chi connectivity index (χ2v) is 9.85. The van der Waals surface area contributed by atoms with Gasteiger partial charge in [0.2, 0.25) is 11.8 Å². The fourth-order valence-electron chi connectivity index (χ4n) is 4.70. The minimum atomic E-state index is -1.14. The van der Waals surface area contributed by atoms with Gasteiger partial charge in [0.05, 0.1) is 31.1 Å². The minimum absolute atomic E-state index is 0.0103. The number of hydrogen-bond donors (Lipinski definition) is 4. The Bertz CT molecular complexity index is 1570. The highest BCUT2D eigenvalue weighted by molar-refractivity contribution is 5.93. The first-order valence-electron chi connectivity index (χ1n) is 13.0. The van der Waals surface area contributed by atoms with Crippen LogP contribution in [0.2, 0.25) is 0 Å². The summed E-state index contributed by atoms with van der Waals surface area (Å²) in [5, 5.41) is 9.67. The molecule has 1 aromatic heterocycles. The van der Waals surface area contributed by atoms with Crippen LogP contribution in [0.4, 0.5) is 0 Å². The summed E-state index contributed by atoms with van der Waals surface area (Å²) in [6.45, 7) is 3.75. The summed E-state index contributed by atoms with van der Waals surface area (Å²) >= 11 is 0. The lowest BCUT2D eigenvalue weighted by Crippen LogP contribution is -2.46. The largest absolute Gasteiger partial charge is 0.496 e. The van der Waals surface area contributed by atoms with E-state index < -0.39 is 24.0 Å². The number of hydrogen-bond acceptors (Lipinski definition) is 6. The number of carboxylic acids is 1. The van der Waals surface area contributed by atoms with Gasteiger partial charge >= 0.3 is 5.97 Å². The number of carboxylic acid groups (broad SMARTS) is 1. The van der Waals surface area contributed by atoms with Gasteiger partial charge in [-0.3, -0.25) is 9.59 Å². The van der Waals surface area contributed by atoms with E-state index in [1.165, 1.54) is 13.2 Å². The Morgan fingerprint density at radius 3 is 2.44 bits per heavy atom. The molecule has 2 unspecified atom stereocenters. The molecular weight excluding hydrogens is 522 g/mol. The van der Waals surface area contributed by atoms with Crippen molar-refractivity contribution in [2.24, 2.45) is 11.5 Å². The number of amides is 2.